The number of nitrogens with one attached hydrogen (secondary N) is 2. The van der Waals surface area contributed by atoms with Crippen LogP contribution in [0.5, 0.6) is 0 Å². The second kappa shape index (κ2) is 6.04. The highest BCUT2D eigenvalue weighted by Crippen LogP contribution is 2.32. The average molecular weight is 298 g/mol. The Labute approximate surface area is 130 Å². The van der Waals surface area contributed by atoms with E-state index >= 15 is 0 Å². The predicted molar refractivity (Wildman–Crippen MR) is 85.9 cm³/mol. The third-order valence-corrected chi connectivity index (χ3v) is 4.72. The smallest absolute Gasteiger partial charge is 0.225 e. The van der Waals surface area contributed by atoms with Crippen molar-refractivity contribution in [3.8, 4) is 11.3 Å². The molecule has 0 amide bonds. The lowest BCUT2D eigenvalue weighted by molar-refractivity contribution is 0.453. The molecule has 2 aliphatic rings. The zero-order valence-electron chi connectivity index (χ0n) is 12.8. The van der Waals surface area contributed by atoms with Crippen molar-refractivity contribution < 1.29 is 0 Å². The van der Waals surface area contributed by atoms with E-state index in [4.69, 9.17) is 4.98 Å². The van der Waals surface area contributed by atoms with E-state index in [1.54, 1.807) is 0 Å². The summed E-state index contributed by atoms with van der Waals surface area (Å²) < 4.78 is 0. The molecule has 0 spiro atoms. The summed E-state index contributed by atoms with van der Waals surface area (Å²) in [7, 11) is 0. The Morgan fingerprint density at radius 2 is 1.95 bits per heavy atom. The van der Waals surface area contributed by atoms with Crippen molar-refractivity contribution in [2.45, 2.75) is 31.6 Å². The van der Waals surface area contributed by atoms with Gasteiger partial charge in [-0.05, 0) is 44.8 Å². The Kier molecular flexibility index (Phi) is 3.76. The molecule has 0 bridgehead atoms. The highest BCUT2D eigenvalue weighted by Gasteiger charge is 2.22. The van der Waals surface area contributed by atoms with Crippen LogP contribution in [-0.4, -0.2) is 46.3 Å². The van der Waals surface area contributed by atoms with Gasteiger partial charge in [-0.15, -0.1) is 0 Å². The molecule has 0 aromatic carbocycles. The molecule has 2 aromatic heterocycles. The Morgan fingerprint density at radius 1 is 1.14 bits per heavy atom. The first kappa shape index (κ1) is 13.7. The number of piperidine rings is 1. The van der Waals surface area contributed by atoms with Crippen LogP contribution >= 0.6 is 0 Å². The van der Waals surface area contributed by atoms with Crippen LogP contribution in [0.4, 0.5) is 5.95 Å². The Hall–Kier alpha value is -1.95. The molecule has 0 unspecified atom stereocenters. The van der Waals surface area contributed by atoms with Crippen molar-refractivity contribution in [2.24, 2.45) is 0 Å². The van der Waals surface area contributed by atoms with E-state index in [-0.39, 0.29) is 0 Å². The third kappa shape index (κ3) is 2.59. The van der Waals surface area contributed by atoms with E-state index in [9.17, 15) is 0 Å². The van der Waals surface area contributed by atoms with Crippen molar-refractivity contribution in [3.63, 3.8) is 0 Å². The molecule has 4 heterocycles. The molecule has 0 saturated carbocycles. The Balaban J connectivity index is 1.64. The van der Waals surface area contributed by atoms with Crippen LogP contribution in [0, 0.1) is 0 Å². The van der Waals surface area contributed by atoms with Crippen LogP contribution in [0.1, 0.15) is 37.3 Å². The number of anilines is 1. The minimum absolute atomic E-state index is 0.545. The van der Waals surface area contributed by atoms with Crippen LogP contribution in [0.15, 0.2) is 18.5 Å². The van der Waals surface area contributed by atoms with E-state index in [1.165, 1.54) is 18.5 Å². The number of aromatic nitrogens is 4. The maximum atomic E-state index is 4.79. The lowest BCUT2D eigenvalue weighted by Crippen LogP contribution is -2.27. The summed E-state index contributed by atoms with van der Waals surface area (Å²) >= 11 is 0. The zero-order chi connectivity index (χ0) is 14.8. The number of hydrogen-bond acceptors (Lipinski definition) is 5. The zero-order valence-corrected chi connectivity index (χ0v) is 12.8. The summed E-state index contributed by atoms with van der Waals surface area (Å²) in [6, 6.07) is 2.00. The van der Waals surface area contributed by atoms with Crippen molar-refractivity contribution in [1.82, 2.24) is 25.5 Å². The Bertz CT molecular complexity index is 625. The predicted octanol–water partition coefficient (Wildman–Crippen LogP) is 1.93. The Morgan fingerprint density at radius 3 is 2.77 bits per heavy atom. The molecule has 6 nitrogen and oxygen atoms in total. The number of nitrogens with zero attached hydrogens (tertiary/aromatic N) is 4. The lowest BCUT2D eigenvalue weighted by atomic mass is 9.91. The van der Waals surface area contributed by atoms with Crippen LogP contribution in [-0.2, 0) is 0 Å². The summed E-state index contributed by atoms with van der Waals surface area (Å²) in [5.74, 6) is 1.40. The largest absolute Gasteiger partial charge is 0.341 e. The summed E-state index contributed by atoms with van der Waals surface area (Å²) in [5, 5.41) is 10.9. The van der Waals surface area contributed by atoms with Crippen LogP contribution in [0.3, 0.4) is 0 Å². The molecule has 2 N–H and O–H groups in total. The van der Waals surface area contributed by atoms with Crippen molar-refractivity contribution >= 4 is 5.95 Å². The van der Waals surface area contributed by atoms with Gasteiger partial charge < -0.3 is 10.2 Å². The molecule has 116 valence electrons. The molecule has 0 atom stereocenters. The van der Waals surface area contributed by atoms with Crippen molar-refractivity contribution in [3.05, 3.63) is 24.2 Å². The van der Waals surface area contributed by atoms with Crippen LogP contribution < -0.4 is 10.2 Å². The van der Waals surface area contributed by atoms with Crippen LogP contribution in [0.25, 0.3) is 11.3 Å². The SMILES string of the molecule is c1cc(-c2cn[nH]c2C2CCNCC2)nc(N2CCCC2)n1. The van der Waals surface area contributed by atoms with E-state index in [0.29, 0.717) is 5.92 Å². The molecule has 2 saturated heterocycles. The molecule has 0 radical (unpaired) electrons. The topological polar surface area (TPSA) is 69.7 Å². The van der Waals surface area contributed by atoms with Gasteiger partial charge in [0.2, 0.25) is 5.95 Å². The highest BCUT2D eigenvalue weighted by atomic mass is 15.3. The van der Waals surface area contributed by atoms with E-state index in [1.807, 2.05) is 18.5 Å². The van der Waals surface area contributed by atoms with E-state index < -0.39 is 0 Å². The molecule has 22 heavy (non-hydrogen) atoms. The molecule has 6 heteroatoms. The van der Waals surface area contributed by atoms with Gasteiger partial charge in [-0.25, -0.2) is 9.97 Å². The number of rotatable bonds is 3. The van der Waals surface area contributed by atoms with Crippen molar-refractivity contribution in [1.29, 1.82) is 0 Å². The minimum Gasteiger partial charge on any atom is -0.341 e. The summed E-state index contributed by atoms with van der Waals surface area (Å²) in [6.07, 6.45) is 8.56. The molecule has 0 aliphatic carbocycles. The third-order valence-electron chi connectivity index (χ3n) is 4.72. The van der Waals surface area contributed by atoms with Gasteiger partial charge in [-0.3, -0.25) is 5.10 Å². The minimum atomic E-state index is 0.545. The maximum absolute atomic E-state index is 4.79. The van der Waals surface area contributed by atoms with Gasteiger partial charge in [0.1, 0.15) is 0 Å². The molecule has 4 rings (SSSR count). The number of hydrogen-bond donors (Lipinski definition) is 2. The first-order chi connectivity index (χ1) is 10.9. The fourth-order valence-electron chi connectivity index (χ4n) is 3.49. The van der Waals surface area contributed by atoms with Gasteiger partial charge in [-0.1, -0.05) is 0 Å². The second-order valence-corrected chi connectivity index (χ2v) is 6.16. The molecular formula is C16H22N6. The monoisotopic (exact) mass is 298 g/mol. The lowest BCUT2D eigenvalue weighted by Gasteiger charge is -2.22. The fraction of sp³-hybridized carbons (Fsp3) is 0.562. The van der Waals surface area contributed by atoms with Gasteiger partial charge in [0, 0.05) is 36.5 Å². The molecule has 2 aromatic rings. The quantitative estimate of drug-likeness (QED) is 0.906. The van der Waals surface area contributed by atoms with Crippen LogP contribution in [0.2, 0.25) is 0 Å². The fourth-order valence-corrected chi connectivity index (χ4v) is 3.49. The molecule has 2 aliphatic heterocycles. The van der Waals surface area contributed by atoms with E-state index in [2.05, 4.69) is 25.4 Å². The molecule has 2 fully saturated rings. The number of aromatic amines is 1. The average Bonchev–Trinajstić information content (AvgIpc) is 3.27. The van der Waals surface area contributed by atoms with Crippen molar-refractivity contribution in [2.75, 3.05) is 31.1 Å². The summed E-state index contributed by atoms with van der Waals surface area (Å²) in [4.78, 5) is 11.5. The van der Waals surface area contributed by atoms with Gasteiger partial charge in [-0.2, -0.15) is 5.10 Å². The normalized spacial score (nSPS) is 19.7. The standard InChI is InChI=1S/C16H22N6/c1-2-10-22(9-1)16-18-8-5-14(20-16)13-11-19-21-15(13)12-3-6-17-7-4-12/h5,8,11-12,17H,1-4,6-7,9-10H2,(H,19,21). The van der Waals surface area contributed by atoms with E-state index in [0.717, 1.165) is 56.2 Å². The second-order valence-electron chi connectivity index (χ2n) is 6.16. The highest BCUT2D eigenvalue weighted by molar-refractivity contribution is 5.63. The van der Waals surface area contributed by atoms with Gasteiger partial charge in [0.25, 0.3) is 0 Å². The molecular weight excluding hydrogens is 276 g/mol. The van der Waals surface area contributed by atoms with Gasteiger partial charge in [0.05, 0.1) is 11.9 Å². The van der Waals surface area contributed by atoms with Gasteiger partial charge in [0.15, 0.2) is 0 Å². The first-order valence-corrected chi connectivity index (χ1v) is 8.24. The number of H-pyrrole nitrogens is 1. The first-order valence-electron chi connectivity index (χ1n) is 8.24. The van der Waals surface area contributed by atoms with Gasteiger partial charge >= 0.3 is 0 Å². The maximum Gasteiger partial charge on any atom is 0.225 e. The summed E-state index contributed by atoms with van der Waals surface area (Å²) in [6.45, 7) is 4.28. The summed E-state index contributed by atoms with van der Waals surface area (Å²) in [5.41, 5.74) is 3.35.